The molecule has 3 aromatic rings. The van der Waals surface area contributed by atoms with Gasteiger partial charge in [-0.1, -0.05) is 30.3 Å². The van der Waals surface area contributed by atoms with Gasteiger partial charge in [-0.05, 0) is 48.7 Å². The second-order valence-electron chi connectivity index (χ2n) is 4.95. The minimum atomic E-state index is 1.28. The van der Waals surface area contributed by atoms with Crippen molar-refractivity contribution in [2.45, 2.75) is 13.8 Å². The van der Waals surface area contributed by atoms with Gasteiger partial charge in [-0.2, -0.15) is 0 Å². The summed E-state index contributed by atoms with van der Waals surface area (Å²) in [5.41, 5.74) is 6.54. The van der Waals surface area contributed by atoms with Gasteiger partial charge < -0.3 is 4.57 Å². The fourth-order valence-electron chi connectivity index (χ4n) is 2.47. The van der Waals surface area contributed by atoms with E-state index in [0.717, 1.165) is 0 Å². The van der Waals surface area contributed by atoms with Crippen LogP contribution in [0.25, 0.3) is 22.2 Å². The molecule has 1 aromatic heterocycles. The van der Waals surface area contributed by atoms with Crippen LogP contribution >= 0.6 is 0 Å². The number of aryl methyl sites for hydroxylation is 3. The van der Waals surface area contributed by atoms with E-state index in [1.165, 1.54) is 33.3 Å². The number of benzene rings is 2. The molecule has 0 aliphatic heterocycles. The molecule has 0 unspecified atom stereocenters. The third kappa shape index (κ3) is 1.63. The average molecular weight is 235 g/mol. The number of aromatic nitrogens is 1. The van der Waals surface area contributed by atoms with Crippen molar-refractivity contribution < 1.29 is 0 Å². The first-order valence-electron chi connectivity index (χ1n) is 6.29. The van der Waals surface area contributed by atoms with Crippen molar-refractivity contribution in [1.82, 2.24) is 4.57 Å². The van der Waals surface area contributed by atoms with E-state index in [1.54, 1.807) is 0 Å². The smallest absolute Gasteiger partial charge is 0.0488 e. The van der Waals surface area contributed by atoms with Crippen molar-refractivity contribution >= 4 is 10.9 Å². The summed E-state index contributed by atoms with van der Waals surface area (Å²) in [6.45, 7) is 4.32. The summed E-state index contributed by atoms with van der Waals surface area (Å²) in [5, 5.41) is 1.30. The molecule has 1 heteroatoms. The topological polar surface area (TPSA) is 4.93 Å². The van der Waals surface area contributed by atoms with E-state index in [9.17, 15) is 0 Å². The molecule has 0 aliphatic rings. The van der Waals surface area contributed by atoms with E-state index in [4.69, 9.17) is 0 Å². The zero-order valence-corrected chi connectivity index (χ0v) is 11.1. The van der Waals surface area contributed by atoms with E-state index >= 15 is 0 Å². The molecule has 0 atom stereocenters. The normalized spacial score (nSPS) is 11.1. The zero-order valence-electron chi connectivity index (χ0n) is 11.1. The Morgan fingerprint density at radius 3 is 2.33 bits per heavy atom. The third-order valence-corrected chi connectivity index (χ3v) is 3.75. The third-order valence-electron chi connectivity index (χ3n) is 3.75. The second-order valence-corrected chi connectivity index (χ2v) is 4.95. The molecule has 0 bridgehead atoms. The Morgan fingerprint density at radius 1 is 0.833 bits per heavy atom. The standard InChI is InChI=1S/C17H17N/c1-12-8-9-15(10-13(12)2)17-11-14-6-4-5-7-16(14)18(17)3/h4-11H,1-3H3. The van der Waals surface area contributed by atoms with Gasteiger partial charge in [0.05, 0.1) is 0 Å². The Balaban J connectivity index is 2.25. The highest BCUT2D eigenvalue weighted by atomic mass is 14.9. The first-order chi connectivity index (χ1) is 8.66. The monoisotopic (exact) mass is 235 g/mol. The van der Waals surface area contributed by atoms with Crippen LogP contribution in [0, 0.1) is 13.8 Å². The number of hydrogen-bond donors (Lipinski definition) is 0. The van der Waals surface area contributed by atoms with Crippen LogP contribution in [0.3, 0.4) is 0 Å². The highest BCUT2D eigenvalue weighted by Gasteiger charge is 2.07. The van der Waals surface area contributed by atoms with Crippen molar-refractivity contribution in [2.24, 2.45) is 7.05 Å². The first kappa shape index (κ1) is 11.1. The van der Waals surface area contributed by atoms with Crippen molar-refractivity contribution in [1.29, 1.82) is 0 Å². The lowest BCUT2D eigenvalue weighted by Crippen LogP contribution is -1.92. The maximum absolute atomic E-state index is 2.27. The molecule has 1 heterocycles. The predicted molar refractivity (Wildman–Crippen MR) is 77.8 cm³/mol. The van der Waals surface area contributed by atoms with E-state index in [-0.39, 0.29) is 0 Å². The average Bonchev–Trinajstić information content (AvgIpc) is 2.71. The fourth-order valence-corrected chi connectivity index (χ4v) is 2.47. The molecule has 2 aromatic carbocycles. The molecule has 0 radical (unpaired) electrons. The molecule has 0 fully saturated rings. The van der Waals surface area contributed by atoms with Gasteiger partial charge >= 0.3 is 0 Å². The Morgan fingerprint density at radius 2 is 1.61 bits per heavy atom. The molecule has 0 aliphatic carbocycles. The van der Waals surface area contributed by atoms with Gasteiger partial charge in [-0.3, -0.25) is 0 Å². The molecule has 90 valence electrons. The molecular formula is C17H17N. The summed E-state index contributed by atoms with van der Waals surface area (Å²) >= 11 is 0. The molecule has 0 amide bonds. The van der Waals surface area contributed by atoms with Crippen LogP contribution < -0.4 is 0 Å². The Labute approximate surface area is 108 Å². The van der Waals surface area contributed by atoms with Crippen molar-refractivity contribution in [3.8, 4) is 11.3 Å². The molecule has 1 nitrogen and oxygen atoms in total. The Kier molecular flexibility index (Phi) is 2.48. The van der Waals surface area contributed by atoms with Crippen LogP contribution in [0.15, 0.2) is 48.5 Å². The van der Waals surface area contributed by atoms with Crippen molar-refractivity contribution in [3.63, 3.8) is 0 Å². The van der Waals surface area contributed by atoms with Gasteiger partial charge in [0.1, 0.15) is 0 Å². The van der Waals surface area contributed by atoms with Gasteiger partial charge in [0, 0.05) is 23.6 Å². The number of rotatable bonds is 1. The first-order valence-corrected chi connectivity index (χ1v) is 6.29. The second kappa shape index (κ2) is 4.02. The van der Waals surface area contributed by atoms with Gasteiger partial charge in [-0.15, -0.1) is 0 Å². The molecule has 18 heavy (non-hydrogen) atoms. The maximum Gasteiger partial charge on any atom is 0.0488 e. The molecule has 3 rings (SSSR count). The number of fused-ring (bicyclic) bond motifs is 1. The molecule has 0 spiro atoms. The van der Waals surface area contributed by atoms with Gasteiger partial charge in [-0.25, -0.2) is 0 Å². The molecule has 0 saturated carbocycles. The minimum absolute atomic E-state index is 1.28. The van der Waals surface area contributed by atoms with Crippen molar-refractivity contribution in [3.05, 3.63) is 59.7 Å². The number of nitrogens with zero attached hydrogens (tertiary/aromatic N) is 1. The quantitative estimate of drug-likeness (QED) is 0.586. The lowest BCUT2D eigenvalue weighted by atomic mass is 10.0. The van der Waals surface area contributed by atoms with Gasteiger partial charge in [0.2, 0.25) is 0 Å². The van der Waals surface area contributed by atoms with Crippen LogP contribution in [0.4, 0.5) is 0 Å². The highest BCUT2D eigenvalue weighted by molar-refractivity contribution is 5.87. The van der Waals surface area contributed by atoms with Crippen LogP contribution in [-0.4, -0.2) is 4.57 Å². The van der Waals surface area contributed by atoms with E-state index < -0.39 is 0 Å². The lowest BCUT2D eigenvalue weighted by molar-refractivity contribution is 0.978. The summed E-state index contributed by atoms with van der Waals surface area (Å²) in [6, 6.07) is 17.4. The van der Waals surface area contributed by atoms with Crippen LogP contribution in [-0.2, 0) is 7.05 Å². The lowest BCUT2D eigenvalue weighted by Gasteiger charge is -2.07. The molecule has 0 N–H and O–H groups in total. The fraction of sp³-hybridized carbons (Fsp3) is 0.176. The van der Waals surface area contributed by atoms with E-state index in [0.29, 0.717) is 0 Å². The van der Waals surface area contributed by atoms with E-state index in [2.05, 4.69) is 74.0 Å². The number of hydrogen-bond acceptors (Lipinski definition) is 0. The van der Waals surface area contributed by atoms with Crippen LogP contribution in [0.2, 0.25) is 0 Å². The summed E-state index contributed by atoms with van der Waals surface area (Å²) in [7, 11) is 2.13. The van der Waals surface area contributed by atoms with Crippen LogP contribution in [0.5, 0.6) is 0 Å². The number of para-hydroxylation sites is 1. The predicted octanol–water partition coefficient (Wildman–Crippen LogP) is 4.46. The Bertz CT molecular complexity index is 720. The molecule has 0 saturated heterocycles. The summed E-state index contributed by atoms with van der Waals surface area (Å²) in [4.78, 5) is 0. The van der Waals surface area contributed by atoms with Gasteiger partial charge in [0.15, 0.2) is 0 Å². The van der Waals surface area contributed by atoms with Gasteiger partial charge in [0.25, 0.3) is 0 Å². The molecular weight excluding hydrogens is 218 g/mol. The van der Waals surface area contributed by atoms with Crippen molar-refractivity contribution in [2.75, 3.05) is 0 Å². The minimum Gasteiger partial charge on any atom is -0.344 e. The maximum atomic E-state index is 2.27. The largest absolute Gasteiger partial charge is 0.344 e. The summed E-state index contributed by atoms with van der Waals surface area (Å²) in [5.74, 6) is 0. The van der Waals surface area contributed by atoms with E-state index in [1.807, 2.05) is 0 Å². The highest BCUT2D eigenvalue weighted by Crippen LogP contribution is 2.28. The summed E-state index contributed by atoms with van der Waals surface area (Å²) in [6.07, 6.45) is 0. The SMILES string of the molecule is Cc1ccc(-c2cc3ccccc3n2C)cc1C. The van der Waals surface area contributed by atoms with Crippen LogP contribution in [0.1, 0.15) is 11.1 Å². The zero-order chi connectivity index (χ0) is 12.7. The summed E-state index contributed by atoms with van der Waals surface area (Å²) < 4.78 is 2.26. The Hall–Kier alpha value is -2.02.